The summed E-state index contributed by atoms with van der Waals surface area (Å²) < 4.78 is 27.3. The Hall–Kier alpha value is -0.140. The summed E-state index contributed by atoms with van der Waals surface area (Å²) in [6, 6.07) is 3.71. The molecule has 2 heterocycles. The fourth-order valence-corrected chi connectivity index (χ4v) is 5.43. The third kappa shape index (κ3) is 3.95. The molecule has 114 valence electrons. The summed E-state index contributed by atoms with van der Waals surface area (Å²) in [5.41, 5.74) is 0. The molecule has 0 aliphatic carbocycles. The van der Waals surface area contributed by atoms with E-state index in [0.717, 1.165) is 30.7 Å². The standard InChI is InChI=1S/C13H21ClN2O2S2/c1-10(2)15-9-11-5-7-16(8-6-11)20(17,18)13-4-3-12(14)19-13/h3-4,10-11,15H,5-9H2,1-2H3. The predicted molar refractivity (Wildman–Crippen MR) is 84.0 cm³/mol. The molecule has 1 aliphatic heterocycles. The topological polar surface area (TPSA) is 49.4 Å². The van der Waals surface area contributed by atoms with Crippen molar-refractivity contribution in [1.29, 1.82) is 0 Å². The van der Waals surface area contributed by atoms with Gasteiger partial charge >= 0.3 is 0 Å². The maximum Gasteiger partial charge on any atom is 0.252 e. The van der Waals surface area contributed by atoms with Crippen LogP contribution in [0.4, 0.5) is 0 Å². The zero-order chi connectivity index (χ0) is 14.8. The Morgan fingerprint density at radius 3 is 2.55 bits per heavy atom. The number of halogens is 1. The summed E-state index contributed by atoms with van der Waals surface area (Å²) in [6.45, 7) is 6.42. The summed E-state index contributed by atoms with van der Waals surface area (Å²) in [7, 11) is -3.35. The van der Waals surface area contributed by atoms with Crippen LogP contribution in [0.15, 0.2) is 16.3 Å². The molecule has 0 radical (unpaired) electrons. The Labute approximate surface area is 130 Å². The van der Waals surface area contributed by atoms with Gasteiger partial charge in [-0.05, 0) is 37.4 Å². The maximum atomic E-state index is 12.4. The number of piperidine rings is 1. The van der Waals surface area contributed by atoms with E-state index >= 15 is 0 Å². The van der Waals surface area contributed by atoms with Crippen LogP contribution in [-0.2, 0) is 10.0 Å². The fraction of sp³-hybridized carbons (Fsp3) is 0.692. The lowest BCUT2D eigenvalue weighted by Gasteiger charge is -2.31. The van der Waals surface area contributed by atoms with Crippen molar-refractivity contribution in [2.45, 2.75) is 36.9 Å². The number of rotatable bonds is 5. The molecule has 0 unspecified atom stereocenters. The van der Waals surface area contributed by atoms with Gasteiger partial charge in [0.15, 0.2) is 0 Å². The van der Waals surface area contributed by atoms with Crippen molar-refractivity contribution in [2.75, 3.05) is 19.6 Å². The molecule has 1 N–H and O–H groups in total. The molecular weight excluding hydrogens is 316 g/mol. The third-order valence-corrected chi connectivity index (χ3v) is 7.13. The highest BCUT2D eigenvalue weighted by atomic mass is 35.5. The minimum atomic E-state index is -3.35. The molecule has 1 saturated heterocycles. The van der Waals surface area contributed by atoms with Crippen molar-refractivity contribution in [1.82, 2.24) is 9.62 Å². The monoisotopic (exact) mass is 336 g/mol. The Morgan fingerprint density at radius 2 is 2.05 bits per heavy atom. The second-order valence-electron chi connectivity index (χ2n) is 5.47. The molecule has 1 fully saturated rings. The van der Waals surface area contributed by atoms with Gasteiger partial charge in [-0.3, -0.25) is 0 Å². The summed E-state index contributed by atoms with van der Waals surface area (Å²) >= 11 is 6.95. The molecule has 0 amide bonds. The Bertz CT molecular complexity index is 534. The summed E-state index contributed by atoms with van der Waals surface area (Å²) in [6.07, 6.45) is 1.83. The van der Waals surface area contributed by atoms with Gasteiger partial charge in [0.25, 0.3) is 10.0 Å². The van der Waals surface area contributed by atoms with Gasteiger partial charge in [-0.2, -0.15) is 4.31 Å². The number of nitrogens with one attached hydrogen (secondary N) is 1. The lowest BCUT2D eigenvalue weighted by Crippen LogP contribution is -2.41. The maximum absolute atomic E-state index is 12.4. The van der Waals surface area contributed by atoms with Gasteiger partial charge in [-0.25, -0.2) is 8.42 Å². The van der Waals surface area contributed by atoms with Crippen LogP contribution in [0.1, 0.15) is 26.7 Å². The van der Waals surface area contributed by atoms with E-state index in [9.17, 15) is 8.42 Å². The van der Waals surface area contributed by atoms with Crippen LogP contribution in [0.25, 0.3) is 0 Å². The van der Waals surface area contributed by atoms with Crippen LogP contribution < -0.4 is 5.32 Å². The highest BCUT2D eigenvalue weighted by Gasteiger charge is 2.30. The van der Waals surface area contributed by atoms with E-state index in [1.807, 2.05) is 0 Å². The molecule has 0 atom stereocenters. The van der Waals surface area contributed by atoms with Crippen LogP contribution in [-0.4, -0.2) is 38.4 Å². The van der Waals surface area contributed by atoms with Crippen molar-refractivity contribution in [3.05, 3.63) is 16.5 Å². The van der Waals surface area contributed by atoms with E-state index in [2.05, 4.69) is 19.2 Å². The van der Waals surface area contributed by atoms with Crippen molar-refractivity contribution in [3.63, 3.8) is 0 Å². The zero-order valence-corrected chi connectivity index (χ0v) is 14.2. The summed E-state index contributed by atoms with van der Waals surface area (Å²) in [5.74, 6) is 0.566. The summed E-state index contributed by atoms with van der Waals surface area (Å²) in [4.78, 5) is 0. The van der Waals surface area contributed by atoms with E-state index in [-0.39, 0.29) is 0 Å². The van der Waals surface area contributed by atoms with Crippen LogP contribution >= 0.6 is 22.9 Å². The summed E-state index contributed by atoms with van der Waals surface area (Å²) in [5, 5.41) is 3.42. The third-order valence-electron chi connectivity index (χ3n) is 3.53. The Kier molecular flexibility index (Phi) is 5.48. The van der Waals surface area contributed by atoms with Gasteiger partial charge in [0.05, 0.1) is 4.34 Å². The van der Waals surface area contributed by atoms with Crippen molar-refractivity contribution in [3.8, 4) is 0 Å². The van der Waals surface area contributed by atoms with Crippen LogP contribution in [0, 0.1) is 5.92 Å². The molecule has 1 aliphatic rings. The molecule has 1 aromatic heterocycles. The number of hydrogen-bond donors (Lipinski definition) is 1. The van der Waals surface area contributed by atoms with E-state index in [1.165, 1.54) is 0 Å². The van der Waals surface area contributed by atoms with E-state index in [4.69, 9.17) is 11.6 Å². The second-order valence-corrected chi connectivity index (χ2v) is 9.35. The first-order chi connectivity index (χ1) is 9.39. The van der Waals surface area contributed by atoms with Crippen molar-refractivity contribution in [2.24, 2.45) is 5.92 Å². The molecule has 0 spiro atoms. The van der Waals surface area contributed by atoms with Gasteiger partial charge in [0.2, 0.25) is 0 Å². The zero-order valence-electron chi connectivity index (χ0n) is 11.8. The normalized spacial score (nSPS) is 18.8. The number of hydrogen-bond acceptors (Lipinski definition) is 4. The van der Waals surface area contributed by atoms with Gasteiger partial charge < -0.3 is 5.32 Å². The van der Waals surface area contributed by atoms with Crippen molar-refractivity contribution >= 4 is 33.0 Å². The predicted octanol–water partition coefficient (Wildman–Crippen LogP) is 2.80. The molecule has 4 nitrogen and oxygen atoms in total. The fourth-order valence-electron chi connectivity index (χ4n) is 2.32. The molecule has 1 aromatic rings. The highest BCUT2D eigenvalue weighted by molar-refractivity contribution is 7.91. The minimum absolute atomic E-state index is 0.348. The molecule has 7 heteroatoms. The lowest BCUT2D eigenvalue weighted by atomic mass is 9.98. The smallest absolute Gasteiger partial charge is 0.252 e. The van der Waals surface area contributed by atoms with Crippen LogP contribution in [0.5, 0.6) is 0 Å². The molecule has 2 rings (SSSR count). The molecular formula is C13H21ClN2O2S2. The van der Waals surface area contributed by atoms with Crippen molar-refractivity contribution < 1.29 is 8.42 Å². The molecule has 0 bridgehead atoms. The first kappa shape index (κ1) is 16.2. The number of nitrogens with zero attached hydrogens (tertiary/aromatic N) is 1. The lowest BCUT2D eigenvalue weighted by molar-refractivity contribution is 0.264. The first-order valence-electron chi connectivity index (χ1n) is 6.88. The highest BCUT2D eigenvalue weighted by Crippen LogP contribution is 2.30. The second kappa shape index (κ2) is 6.75. The number of sulfonamides is 1. The average molecular weight is 337 g/mol. The van der Waals surface area contributed by atoms with Gasteiger partial charge in [0, 0.05) is 19.1 Å². The van der Waals surface area contributed by atoms with Gasteiger partial charge in [-0.1, -0.05) is 25.4 Å². The van der Waals surface area contributed by atoms with Crippen LogP contribution in [0.2, 0.25) is 4.34 Å². The largest absolute Gasteiger partial charge is 0.314 e. The minimum Gasteiger partial charge on any atom is -0.314 e. The first-order valence-corrected chi connectivity index (χ1v) is 9.52. The SMILES string of the molecule is CC(C)NCC1CCN(S(=O)(=O)c2ccc(Cl)s2)CC1. The van der Waals surface area contributed by atoms with E-state index < -0.39 is 10.0 Å². The van der Waals surface area contributed by atoms with Crippen LogP contribution in [0.3, 0.4) is 0 Å². The molecule has 20 heavy (non-hydrogen) atoms. The van der Waals surface area contributed by atoms with E-state index in [0.29, 0.717) is 33.6 Å². The average Bonchev–Trinajstić information content (AvgIpc) is 2.84. The van der Waals surface area contributed by atoms with Gasteiger partial charge in [-0.15, -0.1) is 11.3 Å². The number of thiophene rings is 1. The van der Waals surface area contributed by atoms with E-state index in [1.54, 1.807) is 16.4 Å². The van der Waals surface area contributed by atoms with Gasteiger partial charge in [0.1, 0.15) is 4.21 Å². The molecule has 0 saturated carbocycles. The quantitative estimate of drug-likeness (QED) is 0.899. The Morgan fingerprint density at radius 1 is 1.40 bits per heavy atom. The molecule has 0 aromatic carbocycles. The Balaban J connectivity index is 1.93.